The molecule has 0 fully saturated rings. The van der Waals surface area contributed by atoms with Gasteiger partial charge in [0, 0.05) is 23.2 Å². The number of carbonyl (C=O) groups excluding carboxylic acids is 1. The first-order valence-electron chi connectivity index (χ1n) is 7.79. The molecule has 122 valence electrons. The highest BCUT2D eigenvalue weighted by Gasteiger charge is 2.26. The van der Waals surface area contributed by atoms with E-state index in [2.05, 4.69) is 10.4 Å². The third-order valence-corrected chi connectivity index (χ3v) is 4.12. The fourth-order valence-electron chi connectivity index (χ4n) is 2.93. The molecule has 1 atom stereocenters. The van der Waals surface area contributed by atoms with Gasteiger partial charge in [-0.3, -0.25) is 4.79 Å². The van der Waals surface area contributed by atoms with Crippen molar-refractivity contribution in [2.24, 2.45) is 5.92 Å². The molecule has 0 saturated carbocycles. The SMILES string of the molecule is CC(C)C(=O)N[C@H]1CCCc2c1cnn2-c1cc(F)cc(F)c1. The van der Waals surface area contributed by atoms with Gasteiger partial charge in [0.25, 0.3) is 0 Å². The molecule has 4 nitrogen and oxygen atoms in total. The van der Waals surface area contributed by atoms with Gasteiger partial charge >= 0.3 is 0 Å². The van der Waals surface area contributed by atoms with Crippen molar-refractivity contribution in [1.82, 2.24) is 15.1 Å². The molecule has 2 aromatic rings. The Labute approximate surface area is 133 Å². The lowest BCUT2D eigenvalue weighted by Gasteiger charge is -2.25. The molecule has 1 amide bonds. The second kappa shape index (κ2) is 6.10. The van der Waals surface area contributed by atoms with Crippen molar-refractivity contribution in [2.75, 3.05) is 0 Å². The van der Waals surface area contributed by atoms with Gasteiger partial charge in [-0.2, -0.15) is 5.10 Å². The van der Waals surface area contributed by atoms with E-state index in [-0.39, 0.29) is 17.9 Å². The van der Waals surface area contributed by atoms with Crippen LogP contribution in [0.25, 0.3) is 5.69 Å². The molecule has 0 aliphatic heterocycles. The number of benzene rings is 1. The van der Waals surface area contributed by atoms with Crippen LogP contribution in [-0.4, -0.2) is 15.7 Å². The van der Waals surface area contributed by atoms with E-state index in [0.29, 0.717) is 5.69 Å². The summed E-state index contributed by atoms with van der Waals surface area (Å²) in [5.74, 6) is -1.37. The summed E-state index contributed by atoms with van der Waals surface area (Å²) in [5, 5.41) is 7.31. The molecule has 1 aromatic heterocycles. The van der Waals surface area contributed by atoms with Crippen LogP contribution in [0, 0.1) is 17.6 Å². The van der Waals surface area contributed by atoms with Crippen molar-refractivity contribution in [1.29, 1.82) is 0 Å². The van der Waals surface area contributed by atoms with E-state index >= 15 is 0 Å². The Balaban J connectivity index is 1.95. The zero-order valence-corrected chi connectivity index (χ0v) is 13.1. The number of fused-ring (bicyclic) bond motifs is 1. The lowest BCUT2D eigenvalue weighted by Crippen LogP contribution is -2.33. The van der Waals surface area contributed by atoms with Crippen LogP contribution in [-0.2, 0) is 11.2 Å². The Morgan fingerprint density at radius 3 is 2.65 bits per heavy atom. The molecule has 0 bridgehead atoms. The smallest absolute Gasteiger partial charge is 0.223 e. The van der Waals surface area contributed by atoms with Gasteiger partial charge in [-0.05, 0) is 31.4 Å². The summed E-state index contributed by atoms with van der Waals surface area (Å²) in [5.41, 5.74) is 2.19. The third-order valence-electron chi connectivity index (χ3n) is 4.12. The summed E-state index contributed by atoms with van der Waals surface area (Å²) < 4.78 is 28.5. The molecule has 6 heteroatoms. The van der Waals surface area contributed by atoms with Gasteiger partial charge in [0.1, 0.15) is 11.6 Å². The third kappa shape index (κ3) is 3.11. The highest BCUT2D eigenvalue weighted by molar-refractivity contribution is 5.78. The molecule has 0 saturated heterocycles. The average Bonchev–Trinajstić information content (AvgIpc) is 2.91. The predicted octanol–water partition coefficient (Wildman–Crippen LogP) is 3.30. The Hall–Kier alpha value is -2.24. The molecule has 0 spiro atoms. The molecule has 1 heterocycles. The largest absolute Gasteiger partial charge is 0.349 e. The lowest BCUT2D eigenvalue weighted by atomic mass is 9.92. The van der Waals surface area contributed by atoms with Crippen LogP contribution in [0.4, 0.5) is 8.78 Å². The molecular formula is C17H19F2N3O. The van der Waals surface area contributed by atoms with Gasteiger partial charge < -0.3 is 5.32 Å². The first-order valence-corrected chi connectivity index (χ1v) is 7.79. The Morgan fingerprint density at radius 1 is 1.30 bits per heavy atom. The number of aromatic nitrogens is 2. The molecule has 1 aliphatic rings. The fourth-order valence-corrected chi connectivity index (χ4v) is 2.93. The van der Waals surface area contributed by atoms with Crippen LogP contribution in [0.2, 0.25) is 0 Å². The number of rotatable bonds is 3. The van der Waals surface area contributed by atoms with E-state index in [4.69, 9.17) is 0 Å². The molecule has 23 heavy (non-hydrogen) atoms. The minimum atomic E-state index is -0.635. The van der Waals surface area contributed by atoms with Crippen molar-refractivity contribution in [2.45, 2.75) is 39.2 Å². The first kappa shape index (κ1) is 15.6. The van der Waals surface area contributed by atoms with Crippen LogP contribution in [0.3, 0.4) is 0 Å². The van der Waals surface area contributed by atoms with Crippen LogP contribution < -0.4 is 5.32 Å². The van der Waals surface area contributed by atoms with Crippen molar-refractivity contribution in [3.63, 3.8) is 0 Å². The predicted molar refractivity (Wildman–Crippen MR) is 82.1 cm³/mol. The Morgan fingerprint density at radius 2 is 2.00 bits per heavy atom. The summed E-state index contributed by atoms with van der Waals surface area (Å²) in [6.07, 6.45) is 4.18. The number of amides is 1. The second-order valence-corrected chi connectivity index (χ2v) is 6.19. The summed E-state index contributed by atoms with van der Waals surface area (Å²) in [4.78, 5) is 11.9. The monoisotopic (exact) mass is 319 g/mol. The minimum Gasteiger partial charge on any atom is -0.349 e. The van der Waals surface area contributed by atoms with Gasteiger partial charge in [0.15, 0.2) is 0 Å². The van der Waals surface area contributed by atoms with Crippen molar-refractivity contribution < 1.29 is 13.6 Å². The van der Waals surface area contributed by atoms with E-state index in [0.717, 1.165) is 36.6 Å². The maximum Gasteiger partial charge on any atom is 0.223 e. The lowest BCUT2D eigenvalue weighted by molar-refractivity contribution is -0.124. The zero-order valence-electron chi connectivity index (χ0n) is 13.1. The van der Waals surface area contributed by atoms with E-state index in [9.17, 15) is 13.6 Å². The molecule has 0 unspecified atom stereocenters. The molecule has 0 radical (unpaired) electrons. The van der Waals surface area contributed by atoms with Crippen molar-refractivity contribution in [3.8, 4) is 5.69 Å². The van der Waals surface area contributed by atoms with Crippen molar-refractivity contribution in [3.05, 3.63) is 47.3 Å². The normalized spacial score (nSPS) is 17.2. The van der Waals surface area contributed by atoms with Crippen LogP contribution >= 0.6 is 0 Å². The number of halogens is 2. The number of nitrogens with one attached hydrogen (secondary N) is 1. The van der Waals surface area contributed by atoms with Gasteiger partial charge in [-0.15, -0.1) is 0 Å². The standard InChI is InChI=1S/C17H19F2N3O/c1-10(2)17(23)21-15-4-3-5-16-14(15)9-20-22(16)13-7-11(18)6-12(19)8-13/h6-10,15H,3-5H2,1-2H3,(H,21,23)/t15-/m0/s1. The second-order valence-electron chi connectivity index (χ2n) is 6.19. The topological polar surface area (TPSA) is 46.9 Å². The first-order chi connectivity index (χ1) is 11.0. The summed E-state index contributed by atoms with van der Waals surface area (Å²) in [6, 6.07) is 3.26. The van der Waals surface area contributed by atoms with E-state index in [1.165, 1.54) is 12.1 Å². The van der Waals surface area contributed by atoms with E-state index in [1.807, 2.05) is 13.8 Å². The number of nitrogens with zero attached hydrogens (tertiary/aromatic N) is 2. The van der Waals surface area contributed by atoms with Gasteiger partial charge in [-0.1, -0.05) is 13.8 Å². The van der Waals surface area contributed by atoms with E-state index in [1.54, 1.807) is 10.9 Å². The molecule has 3 rings (SSSR count). The van der Waals surface area contributed by atoms with Crippen molar-refractivity contribution >= 4 is 5.91 Å². The van der Waals surface area contributed by atoms with Crippen LogP contribution in [0.1, 0.15) is 44.0 Å². The molecule has 1 aliphatic carbocycles. The van der Waals surface area contributed by atoms with Crippen LogP contribution in [0.5, 0.6) is 0 Å². The fraction of sp³-hybridized carbons (Fsp3) is 0.412. The number of hydrogen-bond acceptors (Lipinski definition) is 2. The highest BCUT2D eigenvalue weighted by atomic mass is 19.1. The average molecular weight is 319 g/mol. The minimum absolute atomic E-state index is 0.00704. The van der Waals surface area contributed by atoms with Gasteiger partial charge in [0.05, 0.1) is 17.9 Å². The Bertz CT molecular complexity index is 719. The quantitative estimate of drug-likeness (QED) is 0.943. The molecule has 1 N–H and O–H groups in total. The van der Waals surface area contributed by atoms with Crippen LogP contribution in [0.15, 0.2) is 24.4 Å². The Kier molecular flexibility index (Phi) is 4.15. The van der Waals surface area contributed by atoms with Gasteiger partial charge in [0.2, 0.25) is 5.91 Å². The summed E-state index contributed by atoms with van der Waals surface area (Å²) >= 11 is 0. The molecule has 1 aromatic carbocycles. The zero-order chi connectivity index (χ0) is 16.6. The molecular weight excluding hydrogens is 300 g/mol. The summed E-state index contributed by atoms with van der Waals surface area (Å²) in [6.45, 7) is 3.69. The van der Waals surface area contributed by atoms with Gasteiger partial charge in [-0.25, -0.2) is 13.5 Å². The summed E-state index contributed by atoms with van der Waals surface area (Å²) in [7, 11) is 0. The highest BCUT2D eigenvalue weighted by Crippen LogP contribution is 2.31. The maximum atomic E-state index is 13.5. The maximum absolute atomic E-state index is 13.5. The number of carbonyl (C=O) groups is 1. The number of hydrogen-bond donors (Lipinski definition) is 1. The van der Waals surface area contributed by atoms with E-state index < -0.39 is 11.6 Å².